The second kappa shape index (κ2) is 6.68. The van der Waals surface area contributed by atoms with Gasteiger partial charge >= 0.3 is 0 Å². The van der Waals surface area contributed by atoms with E-state index < -0.39 is 10.0 Å². The van der Waals surface area contributed by atoms with Crippen molar-refractivity contribution in [3.8, 4) is 17.0 Å². The lowest BCUT2D eigenvalue weighted by Crippen LogP contribution is -2.09. The van der Waals surface area contributed by atoms with Crippen molar-refractivity contribution in [1.29, 1.82) is 0 Å². The van der Waals surface area contributed by atoms with E-state index in [1.54, 1.807) is 6.07 Å². The molecule has 0 saturated carbocycles. The maximum absolute atomic E-state index is 11.5. The van der Waals surface area contributed by atoms with E-state index in [4.69, 9.17) is 0 Å². The first-order valence-electron chi connectivity index (χ1n) is 8.55. The second-order valence-corrected chi connectivity index (χ2v) is 8.96. The van der Waals surface area contributed by atoms with Crippen LogP contribution in [0.15, 0.2) is 42.6 Å². The summed E-state index contributed by atoms with van der Waals surface area (Å²) in [6.45, 7) is 6.96. The second-order valence-electron chi connectivity index (χ2n) is 7.21. The molecule has 3 rings (SSSR count). The highest BCUT2D eigenvalue weighted by molar-refractivity contribution is 7.92. The number of anilines is 1. The van der Waals surface area contributed by atoms with Crippen LogP contribution in [0.25, 0.3) is 21.9 Å². The molecule has 138 valence electrons. The van der Waals surface area contributed by atoms with Crippen molar-refractivity contribution >= 4 is 26.5 Å². The highest BCUT2D eigenvalue weighted by Crippen LogP contribution is 2.35. The van der Waals surface area contributed by atoms with Crippen LogP contribution in [-0.4, -0.2) is 24.3 Å². The van der Waals surface area contributed by atoms with Crippen molar-refractivity contribution in [2.45, 2.75) is 27.3 Å². The van der Waals surface area contributed by atoms with Gasteiger partial charge in [0.1, 0.15) is 0 Å². The van der Waals surface area contributed by atoms with Crippen molar-refractivity contribution < 1.29 is 13.5 Å². The lowest BCUT2D eigenvalue weighted by molar-refractivity contribution is 0.399. The van der Waals surface area contributed by atoms with Crippen molar-refractivity contribution in [3.05, 3.63) is 48.2 Å². The Kier molecular flexibility index (Phi) is 4.71. The van der Waals surface area contributed by atoms with Crippen molar-refractivity contribution in [3.63, 3.8) is 0 Å². The third-order valence-corrected chi connectivity index (χ3v) is 4.82. The van der Waals surface area contributed by atoms with Gasteiger partial charge < -0.3 is 9.67 Å². The number of hydrogen-bond acceptors (Lipinski definition) is 3. The minimum Gasteiger partial charge on any atom is -0.494 e. The van der Waals surface area contributed by atoms with Gasteiger partial charge in [0.15, 0.2) is 5.88 Å². The summed E-state index contributed by atoms with van der Waals surface area (Å²) in [6, 6.07) is 11.3. The molecule has 0 unspecified atom stereocenters. The smallest absolute Gasteiger partial charge is 0.229 e. The summed E-state index contributed by atoms with van der Waals surface area (Å²) in [4.78, 5) is 0. The van der Waals surface area contributed by atoms with Crippen LogP contribution in [0.1, 0.15) is 19.4 Å². The van der Waals surface area contributed by atoms with Crippen LogP contribution in [0, 0.1) is 12.8 Å². The largest absolute Gasteiger partial charge is 0.494 e. The van der Waals surface area contributed by atoms with Crippen LogP contribution >= 0.6 is 0 Å². The number of fused-ring (bicyclic) bond motifs is 1. The molecule has 0 spiro atoms. The first kappa shape index (κ1) is 18.3. The average Bonchev–Trinajstić information content (AvgIpc) is 2.81. The molecule has 5 nitrogen and oxygen atoms in total. The molecule has 2 N–H and O–H groups in total. The van der Waals surface area contributed by atoms with Gasteiger partial charge in [0.2, 0.25) is 10.0 Å². The van der Waals surface area contributed by atoms with E-state index in [1.807, 2.05) is 48.0 Å². The lowest BCUT2D eigenvalue weighted by atomic mass is 9.99. The van der Waals surface area contributed by atoms with Crippen molar-refractivity contribution in [2.75, 3.05) is 11.0 Å². The molecule has 0 saturated heterocycles. The number of nitrogens with one attached hydrogen (secondary N) is 1. The maximum atomic E-state index is 11.5. The van der Waals surface area contributed by atoms with Gasteiger partial charge in [-0.1, -0.05) is 32.0 Å². The number of aryl methyl sites for hydroxylation is 1. The van der Waals surface area contributed by atoms with Crippen molar-refractivity contribution in [2.24, 2.45) is 5.92 Å². The molecule has 1 heterocycles. The average molecular weight is 372 g/mol. The van der Waals surface area contributed by atoms with E-state index >= 15 is 0 Å². The molecule has 6 heteroatoms. The molecule has 0 fully saturated rings. The number of rotatable bonds is 5. The van der Waals surface area contributed by atoms with Gasteiger partial charge in [-0.2, -0.15) is 0 Å². The number of aromatic hydroxyl groups is 1. The summed E-state index contributed by atoms with van der Waals surface area (Å²) >= 11 is 0. The topological polar surface area (TPSA) is 71.3 Å². The van der Waals surface area contributed by atoms with Crippen LogP contribution < -0.4 is 4.72 Å². The summed E-state index contributed by atoms with van der Waals surface area (Å²) < 4.78 is 27.3. The van der Waals surface area contributed by atoms with Crippen LogP contribution in [0.5, 0.6) is 5.88 Å². The minimum absolute atomic E-state index is 0.297. The zero-order valence-electron chi connectivity index (χ0n) is 15.4. The van der Waals surface area contributed by atoms with E-state index in [1.165, 1.54) is 0 Å². The molecule has 0 amide bonds. The highest BCUT2D eigenvalue weighted by Gasteiger charge is 2.14. The van der Waals surface area contributed by atoms with Gasteiger partial charge in [0.05, 0.1) is 6.26 Å². The molecule has 0 aliphatic heterocycles. The number of aromatic nitrogens is 1. The summed E-state index contributed by atoms with van der Waals surface area (Å²) in [5, 5.41) is 12.4. The van der Waals surface area contributed by atoms with Crippen LogP contribution in [0.2, 0.25) is 0 Å². The summed E-state index contributed by atoms with van der Waals surface area (Å²) in [6.07, 6.45) is 3.11. The standard InChI is InChI=1S/C20H24N2O3S/c1-13(2)11-22-12-17-9-16(8-14(3)19(17)20(22)23)15-6-5-7-18(10-15)21-26(4,24)25/h5-10,12-13,21,23H,11H2,1-4H3. The molecule has 26 heavy (non-hydrogen) atoms. The predicted molar refractivity (Wildman–Crippen MR) is 107 cm³/mol. The van der Waals surface area contributed by atoms with Crippen LogP contribution in [0.3, 0.4) is 0 Å². The SMILES string of the molecule is Cc1cc(-c2cccc(NS(C)(=O)=O)c2)cc2cn(CC(C)C)c(O)c12. The zero-order valence-corrected chi connectivity index (χ0v) is 16.3. The third-order valence-electron chi connectivity index (χ3n) is 4.22. The Morgan fingerprint density at radius 1 is 1.15 bits per heavy atom. The van der Waals surface area contributed by atoms with E-state index in [2.05, 4.69) is 18.6 Å². The van der Waals surface area contributed by atoms with E-state index in [-0.39, 0.29) is 0 Å². The Balaban J connectivity index is 2.08. The van der Waals surface area contributed by atoms with Crippen LogP contribution in [-0.2, 0) is 16.6 Å². The highest BCUT2D eigenvalue weighted by atomic mass is 32.2. The first-order valence-corrected chi connectivity index (χ1v) is 10.4. The van der Waals surface area contributed by atoms with Gasteiger partial charge in [-0.3, -0.25) is 4.72 Å². The molecule has 0 aliphatic carbocycles. The fourth-order valence-corrected chi connectivity index (χ4v) is 3.83. The molecule has 0 atom stereocenters. The summed E-state index contributed by atoms with van der Waals surface area (Å²) in [7, 11) is -3.32. The lowest BCUT2D eigenvalue weighted by Gasteiger charge is -2.09. The molecule has 1 aromatic heterocycles. The quantitative estimate of drug-likeness (QED) is 0.699. The number of nitrogens with zero attached hydrogens (tertiary/aromatic N) is 1. The fourth-order valence-electron chi connectivity index (χ4n) is 3.27. The summed E-state index contributed by atoms with van der Waals surface area (Å²) in [5.41, 5.74) is 3.41. The van der Waals surface area contributed by atoms with Gasteiger partial charge in [0.25, 0.3) is 0 Å². The third kappa shape index (κ3) is 3.85. The van der Waals surface area contributed by atoms with Crippen LogP contribution in [0.4, 0.5) is 5.69 Å². The van der Waals surface area contributed by atoms with Crippen molar-refractivity contribution in [1.82, 2.24) is 4.57 Å². The van der Waals surface area contributed by atoms with E-state index in [0.29, 0.717) is 17.5 Å². The predicted octanol–water partition coefficient (Wildman–Crippen LogP) is 4.35. The van der Waals surface area contributed by atoms with Gasteiger partial charge in [-0.25, -0.2) is 8.42 Å². The molecule has 2 aromatic carbocycles. The summed E-state index contributed by atoms with van der Waals surface area (Å²) in [5.74, 6) is 0.728. The molecule has 0 bridgehead atoms. The Morgan fingerprint density at radius 3 is 2.54 bits per heavy atom. The molecule has 0 radical (unpaired) electrons. The number of hydrogen-bond donors (Lipinski definition) is 2. The van der Waals surface area contributed by atoms with Gasteiger partial charge in [0, 0.05) is 29.2 Å². The maximum Gasteiger partial charge on any atom is 0.229 e. The monoisotopic (exact) mass is 372 g/mol. The Bertz CT molecular complexity index is 1070. The molecule has 0 aliphatic rings. The Morgan fingerprint density at radius 2 is 1.88 bits per heavy atom. The molecule has 3 aromatic rings. The van der Waals surface area contributed by atoms with Gasteiger partial charge in [-0.15, -0.1) is 0 Å². The van der Waals surface area contributed by atoms with Gasteiger partial charge in [-0.05, 0) is 47.7 Å². The molecular weight excluding hydrogens is 348 g/mol. The zero-order chi connectivity index (χ0) is 19.1. The first-order chi connectivity index (χ1) is 12.1. The number of sulfonamides is 1. The van der Waals surface area contributed by atoms with E-state index in [0.717, 1.165) is 40.3 Å². The Hall–Kier alpha value is -2.47. The normalized spacial score (nSPS) is 12.0. The Labute approximate surface area is 154 Å². The fraction of sp³-hybridized carbons (Fsp3) is 0.300. The molecular formula is C20H24N2O3S. The number of benzene rings is 2. The minimum atomic E-state index is -3.32. The van der Waals surface area contributed by atoms with E-state index in [9.17, 15) is 13.5 Å².